The molecule has 3 aromatic rings. The average molecular weight is 425 g/mol. The highest BCUT2D eigenvalue weighted by atomic mass is 32.2. The number of anilines is 2. The molecular formula is C19H16N6O2S2. The Bertz CT molecular complexity index is 1060. The number of nitrogens with zero attached hydrogens (tertiary/aromatic N) is 4. The number of benzene rings is 2. The number of carbonyl (C=O) groups excluding carboxylic acids is 2. The molecule has 3 N–H and O–H groups in total. The van der Waals surface area contributed by atoms with Crippen molar-refractivity contribution < 1.29 is 9.59 Å². The first-order valence-corrected chi connectivity index (χ1v) is 10.4. The Kier molecular flexibility index (Phi) is 5.54. The summed E-state index contributed by atoms with van der Waals surface area (Å²) in [7, 11) is 0. The first-order valence-electron chi connectivity index (χ1n) is 8.67. The zero-order chi connectivity index (χ0) is 20.2. The van der Waals surface area contributed by atoms with Crippen LogP contribution in [0.1, 0.15) is 6.42 Å². The lowest BCUT2D eigenvalue weighted by molar-refractivity contribution is -0.119. The summed E-state index contributed by atoms with van der Waals surface area (Å²) in [6, 6.07) is 15.9. The summed E-state index contributed by atoms with van der Waals surface area (Å²) in [5, 5.41) is 16.6. The predicted octanol–water partition coefficient (Wildman–Crippen LogP) is 2.75. The third kappa shape index (κ3) is 4.28. The van der Waals surface area contributed by atoms with Gasteiger partial charge < -0.3 is 11.1 Å². The topological polar surface area (TPSA) is 114 Å². The van der Waals surface area contributed by atoms with E-state index in [2.05, 4.69) is 20.6 Å². The van der Waals surface area contributed by atoms with Crippen LogP contribution in [0.15, 0.2) is 74.4 Å². The molecule has 2 aromatic carbocycles. The molecule has 1 aliphatic heterocycles. The van der Waals surface area contributed by atoms with Crippen molar-refractivity contribution in [2.24, 2.45) is 10.8 Å². The van der Waals surface area contributed by atoms with E-state index in [4.69, 9.17) is 5.73 Å². The number of aromatic nitrogens is 2. The molecule has 1 aromatic heterocycles. The molecule has 1 unspecified atom stereocenters. The van der Waals surface area contributed by atoms with Crippen molar-refractivity contribution in [1.29, 1.82) is 0 Å². The van der Waals surface area contributed by atoms with Crippen LogP contribution in [0.4, 0.5) is 11.4 Å². The van der Waals surface area contributed by atoms with E-state index in [9.17, 15) is 9.59 Å². The van der Waals surface area contributed by atoms with Gasteiger partial charge in [-0.3, -0.25) is 14.6 Å². The fraction of sp³-hybridized carbons (Fsp3) is 0.105. The number of hydrogen-bond donors (Lipinski definition) is 2. The van der Waals surface area contributed by atoms with Crippen molar-refractivity contribution in [3.63, 3.8) is 0 Å². The number of hydrogen-bond acceptors (Lipinski definition) is 8. The quantitative estimate of drug-likeness (QED) is 0.629. The van der Waals surface area contributed by atoms with Crippen LogP contribution >= 0.6 is 23.1 Å². The molecule has 0 spiro atoms. The summed E-state index contributed by atoms with van der Waals surface area (Å²) in [4.78, 5) is 25.6. The molecule has 146 valence electrons. The second-order valence-corrected chi connectivity index (χ2v) is 8.23. The molecule has 2 amide bonds. The van der Waals surface area contributed by atoms with Crippen LogP contribution in [0.5, 0.6) is 0 Å². The number of nitrogens with two attached hydrogens (primary N) is 1. The van der Waals surface area contributed by atoms with E-state index < -0.39 is 11.9 Å². The molecule has 0 radical (unpaired) electrons. The van der Waals surface area contributed by atoms with E-state index in [1.807, 2.05) is 48.5 Å². The van der Waals surface area contributed by atoms with Crippen molar-refractivity contribution in [3.05, 3.63) is 60.1 Å². The molecule has 2 heterocycles. The van der Waals surface area contributed by atoms with Gasteiger partial charge in [-0.25, -0.2) is 0 Å². The van der Waals surface area contributed by atoms with E-state index in [-0.39, 0.29) is 18.0 Å². The maximum Gasteiger partial charge on any atom is 0.271 e. The summed E-state index contributed by atoms with van der Waals surface area (Å²) >= 11 is 2.83. The van der Waals surface area contributed by atoms with Crippen LogP contribution in [-0.2, 0) is 9.59 Å². The van der Waals surface area contributed by atoms with E-state index in [1.54, 1.807) is 11.6 Å². The molecule has 1 atom stereocenters. The van der Waals surface area contributed by atoms with Gasteiger partial charge in [0.15, 0.2) is 4.34 Å². The van der Waals surface area contributed by atoms with Gasteiger partial charge in [-0.15, -0.1) is 10.2 Å². The van der Waals surface area contributed by atoms with Gasteiger partial charge in [0.2, 0.25) is 5.91 Å². The highest BCUT2D eigenvalue weighted by Gasteiger charge is 2.35. The zero-order valence-corrected chi connectivity index (χ0v) is 16.7. The van der Waals surface area contributed by atoms with Crippen LogP contribution in [-0.4, -0.2) is 33.8 Å². The Hall–Kier alpha value is -3.24. The van der Waals surface area contributed by atoms with Gasteiger partial charge >= 0.3 is 0 Å². The lowest BCUT2D eigenvalue weighted by Gasteiger charge is -2.20. The van der Waals surface area contributed by atoms with Crippen LogP contribution in [0, 0.1) is 0 Å². The normalized spacial score (nSPS) is 15.8. The predicted molar refractivity (Wildman–Crippen MR) is 113 cm³/mol. The lowest BCUT2D eigenvalue weighted by Crippen LogP contribution is -2.39. The average Bonchev–Trinajstić information content (AvgIpc) is 3.40. The third-order valence-electron chi connectivity index (χ3n) is 4.19. The maximum absolute atomic E-state index is 12.9. The molecule has 29 heavy (non-hydrogen) atoms. The van der Waals surface area contributed by atoms with E-state index in [1.165, 1.54) is 28.1 Å². The summed E-state index contributed by atoms with van der Waals surface area (Å²) in [5.74, 6) is -0.910. The first-order chi connectivity index (χ1) is 14.1. The number of para-hydroxylation sites is 2. The minimum Gasteiger partial charge on any atom is -0.368 e. The van der Waals surface area contributed by atoms with Gasteiger partial charge in [0.05, 0.1) is 11.4 Å². The number of rotatable bonds is 6. The Labute approximate surface area is 174 Å². The number of primary amides is 1. The molecule has 0 aliphatic carbocycles. The molecular weight excluding hydrogens is 408 g/mol. The fourth-order valence-corrected chi connectivity index (χ4v) is 4.36. The van der Waals surface area contributed by atoms with Crippen molar-refractivity contribution >= 4 is 52.0 Å². The third-order valence-corrected chi connectivity index (χ3v) is 6.05. The van der Waals surface area contributed by atoms with Crippen molar-refractivity contribution in [1.82, 2.24) is 10.2 Å². The Morgan fingerprint density at radius 2 is 1.90 bits per heavy atom. The molecule has 10 heteroatoms. The van der Waals surface area contributed by atoms with Crippen LogP contribution in [0.2, 0.25) is 0 Å². The maximum atomic E-state index is 12.9. The number of nitrogens with one attached hydrogen (secondary N) is 1. The van der Waals surface area contributed by atoms with Gasteiger partial charge in [-0.1, -0.05) is 53.4 Å². The summed E-state index contributed by atoms with van der Waals surface area (Å²) in [6.45, 7) is 0. The minimum absolute atomic E-state index is 0.141. The molecule has 0 saturated carbocycles. The van der Waals surface area contributed by atoms with Crippen molar-refractivity contribution in [2.45, 2.75) is 21.7 Å². The van der Waals surface area contributed by atoms with Gasteiger partial charge in [0.25, 0.3) is 5.91 Å². The Morgan fingerprint density at radius 1 is 1.14 bits per heavy atom. The zero-order valence-electron chi connectivity index (χ0n) is 15.1. The Morgan fingerprint density at radius 3 is 2.62 bits per heavy atom. The van der Waals surface area contributed by atoms with Crippen molar-refractivity contribution in [2.75, 3.05) is 10.3 Å². The smallest absolute Gasteiger partial charge is 0.271 e. The molecule has 0 saturated heterocycles. The SMILES string of the molecule is NC(=O)C1CC(C(=O)Nc2ccccc2Sc2nncs2)=NN1c1ccccc1. The Balaban J connectivity index is 1.55. The number of amides is 2. The highest BCUT2D eigenvalue weighted by molar-refractivity contribution is 8.01. The van der Waals surface area contributed by atoms with Crippen LogP contribution < -0.4 is 16.1 Å². The molecule has 4 rings (SSSR count). The molecule has 1 aliphatic rings. The van der Waals surface area contributed by atoms with E-state index in [0.29, 0.717) is 11.4 Å². The summed E-state index contributed by atoms with van der Waals surface area (Å²) < 4.78 is 0.772. The standard InChI is InChI=1S/C19H16N6O2S2/c20-17(26)15-10-14(24-25(15)12-6-2-1-3-7-12)18(27)22-13-8-4-5-9-16(13)29-19-23-21-11-28-19/h1-9,11,15H,10H2,(H2,20,26)(H,22,27). The highest BCUT2D eigenvalue weighted by Crippen LogP contribution is 2.34. The summed E-state index contributed by atoms with van der Waals surface area (Å²) in [6.07, 6.45) is 0.141. The minimum atomic E-state index is -0.704. The number of carbonyl (C=O) groups is 2. The first kappa shape index (κ1) is 19.1. The second kappa shape index (κ2) is 8.41. The van der Waals surface area contributed by atoms with Gasteiger partial charge in [-0.2, -0.15) is 5.10 Å². The van der Waals surface area contributed by atoms with Gasteiger partial charge in [0.1, 0.15) is 17.3 Å². The van der Waals surface area contributed by atoms with Crippen LogP contribution in [0.3, 0.4) is 0 Å². The summed E-state index contributed by atoms with van der Waals surface area (Å²) in [5.41, 5.74) is 8.77. The van der Waals surface area contributed by atoms with Gasteiger partial charge in [-0.05, 0) is 24.3 Å². The van der Waals surface area contributed by atoms with Crippen molar-refractivity contribution in [3.8, 4) is 0 Å². The fourth-order valence-electron chi connectivity index (χ4n) is 2.84. The van der Waals surface area contributed by atoms with E-state index >= 15 is 0 Å². The van der Waals surface area contributed by atoms with Gasteiger partial charge in [0, 0.05) is 11.3 Å². The molecule has 0 fully saturated rings. The second-order valence-electron chi connectivity index (χ2n) is 6.11. The lowest BCUT2D eigenvalue weighted by atomic mass is 10.1. The van der Waals surface area contributed by atoms with Crippen LogP contribution in [0.25, 0.3) is 0 Å². The molecule has 8 nitrogen and oxygen atoms in total. The number of hydrazone groups is 1. The van der Waals surface area contributed by atoms with E-state index in [0.717, 1.165) is 9.24 Å². The monoisotopic (exact) mass is 424 g/mol. The molecule has 0 bridgehead atoms. The largest absolute Gasteiger partial charge is 0.368 e.